The Bertz CT molecular complexity index is 892. The minimum atomic E-state index is -0.168. The molecular formula is C19H21N5O3. The van der Waals surface area contributed by atoms with Crippen LogP contribution in [0.1, 0.15) is 5.56 Å². The van der Waals surface area contributed by atoms with Crippen molar-refractivity contribution in [2.75, 3.05) is 20.8 Å². The van der Waals surface area contributed by atoms with E-state index in [0.717, 1.165) is 23.3 Å². The molecule has 2 aromatic carbocycles. The highest BCUT2D eigenvalue weighted by Crippen LogP contribution is 2.19. The Morgan fingerprint density at radius 3 is 2.59 bits per heavy atom. The molecule has 0 atom stereocenters. The molecule has 8 nitrogen and oxygen atoms in total. The summed E-state index contributed by atoms with van der Waals surface area (Å²) in [6.45, 7) is 0.544. The van der Waals surface area contributed by atoms with Crippen molar-refractivity contribution in [3.63, 3.8) is 0 Å². The Labute approximate surface area is 157 Å². The second kappa shape index (κ2) is 8.79. The third-order valence-electron chi connectivity index (χ3n) is 3.96. The normalized spacial score (nSPS) is 10.4. The van der Waals surface area contributed by atoms with Gasteiger partial charge in [0.15, 0.2) is 0 Å². The number of amides is 1. The van der Waals surface area contributed by atoms with Gasteiger partial charge in [0, 0.05) is 12.1 Å². The number of tetrazole rings is 1. The van der Waals surface area contributed by atoms with E-state index in [9.17, 15) is 4.79 Å². The van der Waals surface area contributed by atoms with Gasteiger partial charge in [-0.15, -0.1) is 10.2 Å². The Balaban J connectivity index is 1.50. The van der Waals surface area contributed by atoms with E-state index in [-0.39, 0.29) is 12.5 Å². The highest BCUT2D eigenvalue weighted by atomic mass is 16.5. The maximum atomic E-state index is 12.1. The zero-order valence-electron chi connectivity index (χ0n) is 15.3. The molecule has 3 rings (SSSR count). The molecule has 140 valence electrons. The quantitative estimate of drug-likeness (QED) is 0.652. The van der Waals surface area contributed by atoms with E-state index in [2.05, 4.69) is 20.7 Å². The zero-order chi connectivity index (χ0) is 19.1. The summed E-state index contributed by atoms with van der Waals surface area (Å²) >= 11 is 0. The first-order valence-electron chi connectivity index (χ1n) is 8.50. The van der Waals surface area contributed by atoms with Gasteiger partial charge in [-0.05, 0) is 41.5 Å². The smallest absolute Gasteiger partial charge is 0.243 e. The van der Waals surface area contributed by atoms with Crippen LogP contribution in [-0.2, 0) is 17.8 Å². The molecule has 3 aromatic rings. The maximum Gasteiger partial charge on any atom is 0.243 e. The third kappa shape index (κ3) is 5.04. The molecule has 0 radical (unpaired) electrons. The molecular weight excluding hydrogens is 346 g/mol. The van der Waals surface area contributed by atoms with Crippen LogP contribution in [0.25, 0.3) is 11.4 Å². The van der Waals surface area contributed by atoms with E-state index < -0.39 is 0 Å². The van der Waals surface area contributed by atoms with E-state index in [1.165, 1.54) is 4.80 Å². The molecule has 1 amide bonds. The van der Waals surface area contributed by atoms with Crippen LogP contribution in [-0.4, -0.2) is 46.9 Å². The first-order chi connectivity index (χ1) is 13.2. The molecule has 27 heavy (non-hydrogen) atoms. The number of carbonyl (C=O) groups excluding carboxylic acids is 1. The Morgan fingerprint density at radius 2 is 1.85 bits per heavy atom. The van der Waals surface area contributed by atoms with Crippen molar-refractivity contribution in [1.29, 1.82) is 0 Å². The highest BCUT2D eigenvalue weighted by molar-refractivity contribution is 5.75. The summed E-state index contributed by atoms with van der Waals surface area (Å²) in [6, 6.07) is 15.1. The van der Waals surface area contributed by atoms with E-state index >= 15 is 0 Å². The molecule has 0 aliphatic heterocycles. The van der Waals surface area contributed by atoms with E-state index in [0.29, 0.717) is 18.1 Å². The van der Waals surface area contributed by atoms with Crippen LogP contribution in [0.2, 0.25) is 0 Å². The molecule has 0 saturated heterocycles. The summed E-state index contributed by atoms with van der Waals surface area (Å²) < 4.78 is 10.3. The molecule has 8 heteroatoms. The van der Waals surface area contributed by atoms with Gasteiger partial charge in [-0.25, -0.2) is 0 Å². The van der Waals surface area contributed by atoms with Crippen molar-refractivity contribution in [3.8, 4) is 22.9 Å². The van der Waals surface area contributed by atoms with Crippen molar-refractivity contribution in [1.82, 2.24) is 25.5 Å². The van der Waals surface area contributed by atoms with Gasteiger partial charge in [0.05, 0.1) is 14.2 Å². The van der Waals surface area contributed by atoms with Crippen LogP contribution in [0, 0.1) is 0 Å². The van der Waals surface area contributed by atoms with Gasteiger partial charge in [-0.1, -0.05) is 24.3 Å². The first kappa shape index (κ1) is 18.4. The Kier molecular flexibility index (Phi) is 5.98. The minimum Gasteiger partial charge on any atom is -0.497 e. The van der Waals surface area contributed by atoms with Gasteiger partial charge in [-0.2, -0.15) is 4.80 Å². The number of carbonyl (C=O) groups is 1. The fraction of sp³-hybridized carbons (Fsp3) is 0.263. The Morgan fingerprint density at radius 1 is 1.07 bits per heavy atom. The van der Waals surface area contributed by atoms with Crippen molar-refractivity contribution >= 4 is 5.91 Å². The van der Waals surface area contributed by atoms with E-state index in [4.69, 9.17) is 9.47 Å². The molecule has 1 N–H and O–H groups in total. The van der Waals surface area contributed by atoms with Gasteiger partial charge in [0.2, 0.25) is 11.7 Å². The summed E-state index contributed by atoms with van der Waals surface area (Å²) in [7, 11) is 3.23. The standard InChI is InChI=1S/C19H21N5O3/c1-26-16-8-6-14(7-9-16)10-11-20-18(25)13-24-22-19(21-23-24)15-4-3-5-17(12-15)27-2/h3-9,12H,10-11,13H2,1-2H3,(H,20,25). The molecule has 0 spiro atoms. The van der Waals surface area contributed by atoms with Crippen LogP contribution in [0.4, 0.5) is 0 Å². The lowest BCUT2D eigenvalue weighted by Gasteiger charge is -2.05. The number of methoxy groups -OCH3 is 2. The number of ether oxygens (including phenoxy) is 2. The fourth-order valence-electron chi connectivity index (χ4n) is 2.51. The highest BCUT2D eigenvalue weighted by Gasteiger charge is 2.10. The molecule has 0 unspecified atom stereocenters. The van der Waals surface area contributed by atoms with Crippen molar-refractivity contribution in [3.05, 3.63) is 54.1 Å². The van der Waals surface area contributed by atoms with Crippen LogP contribution in [0.5, 0.6) is 11.5 Å². The number of benzene rings is 2. The van der Waals surface area contributed by atoms with Crippen LogP contribution in [0.3, 0.4) is 0 Å². The SMILES string of the molecule is COc1ccc(CCNC(=O)Cn2nnc(-c3cccc(OC)c3)n2)cc1. The molecule has 0 aliphatic carbocycles. The molecule has 0 bridgehead atoms. The largest absolute Gasteiger partial charge is 0.497 e. The maximum absolute atomic E-state index is 12.1. The van der Waals surface area contributed by atoms with Crippen LogP contribution >= 0.6 is 0 Å². The van der Waals surface area contributed by atoms with Crippen LogP contribution in [0.15, 0.2) is 48.5 Å². The lowest BCUT2D eigenvalue weighted by atomic mass is 10.1. The fourth-order valence-corrected chi connectivity index (χ4v) is 2.51. The number of hydrogen-bond acceptors (Lipinski definition) is 6. The van der Waals surface area contributed by atoms with Gasteiger partial charge in [0.1, 0.15) is 18.0 Å². The topological polar surface area (TPSA) is 91.2 Å². The number of aromatic nitrogens is 4. The average molecular weight is 367 g/mol. The van der Waals surface area contributed by atoms with E-state index in [1.807, 2.05) is 48.5 Å². The van der Waals surface area contributed by atoms with E-state index in [1.54, 1.807) is 14.2 Å². The van der Waals surface area contributed by atoms with Crippen LogP contribution < -0.4 is 14.8 Å². The Hall–Kier alpha value is -3.42. The summed E-state index contributed by atoms with van der Waals surface area (Å²) in [5.41, 5.74) is 1.90. The average Bonchev–Trinajstić information content (AvgIpc) is 3.17. The second-order valence-corrected chi connectivity index (χ2v) is 5.82. The first-order valence-corrected chi connectivity index (χ1v) is 8.50. The van der Waals surface area contributed by atoms with Gasteiger partial charge in [0.25, 0.3) is 0 Å². The lowest BCUT2D eigenvalue weighted by Crippen LogP contribution is -2.30. The monoisotopic (exact) mass is 367 g/mol. The zero-order valence-corrected chi connectivity index (χ0v) is 15.3. The summed E-state index contributed by atoms with van der Waals surface area (Å²) in [5, 5.41) is 15.0. The summed E-state index contributed by atoms with van der Waals surface area (Å²) in [4.78, 5) is 13.3. The number of hydrogen-bond donors (Lipinski definition) is 1. The van der Waals surface area contributed by atoms with Gasteiger partial charge < -0.3 is 14.8 Å². The summed E-state index contributed by atoms with van der Waals surface area (Å²) in [5.74, 6) is 1.80. The van der Waals surface area contributed by atoms with Gasteiger partial charge >= 0.3 is 0 Å². The van der Waals surface area contributed by atoms with Crippen molar-refractivity contribution in [2.45, 2.75) is 13.0 Å². The molecule has 1 aromatic heterocycles. The van der Waals surface area contributed by atoms with Gasteiger partial charge in [-0.3, -0.25) is 4.79 Å². The summed E-state index contributed by atoms with van der Waals surface area (Å²) in [6.07, 6.45) is 0.732. The third-order valence-corrected chi connectivity index (χ3v) is 3.96. The predicted molar refractivity (Wildman–Crippen MR) is 99.5 cm³/mol. The number of nitrogens with zero attached hydrogens (tertiary/aromatic N) is 4. The minimum absolute atomic E-state index is 0.0135. The molecule has 0 saturated carbocycles. The number of nitrogens with one attached hydrogen (secondary N) is 1. The lowest BCUT2D eigenvalue weighted by molar-refractivity contribution is -0.122. The predicted octanol–water partition coefficient (Wildman–Crippen LogP) is 1.72. The van der Waals surface area contributed by atoms with Crippen molar-refractivity contribution in [2.24, 2.45) is 0 Å². The molecule has 0 aliphatic rings. The molecule has 0 fully saturated rings. The second-order valence-electron chi connectivity index (χ2n) is 5.82. The molecule has 1 heterocycles. The number of rotatable bonds is 8. The van der Waals surface area contributed by atoms with Crippen molar-refractivity contribution < 1.29 is 14.3 Å².